The number of nitrogens with zero attached hydrogens (tertiary/aromatic N) is 3. The van der Waals surface area contributed by atoms with Gasteiger partial charge in [0.1, 0.15) is 0 Å². The molecule has 8 heteroatoms. The van der Waals surface area contributed by atoms with E-state index in [4.69, 9.17) is 4.74 Å². The molecule has 0 radical (unpaired) electrons. The maximum absolute atomic E-state index is 12.6. The Labute approximate surface area is 183 Å². The van der Waals surface area contributed by atoms with Gasteiger partial charge < -0.3 is 19.9 Å². The summed E-state index contributed by atoms with van der Waals surface area (Å²) < 4.78 is 4.89. The highest BCUT2D eigenvalue weighted by molar-refractivity contribution is 14.0. The number of guanidine groups is 1. The molecule has 3 rings (SSSR count). The fourth-order valence-electron chi connectivity index (χ4n) is 3.91. The van der Waals surface area contributed by atoms with E-state index in [0.717, 1.165) is 13.0 Å². The second-order valence-electron chi connectivity index (χ2n) is 7.25. The molecular weight excluding hydrogens is 471 g/mol. The molecular formula is C20H29IN4O3. The Morgan fingerprint density at radius 3 is 2.61 bits per heavy atom. The molecule has 0 saturated carbocycles. The van der Waals surface area contributed by atoms with Gasteiger partial charge >= 0.3 is 5.97 Å². The maximum atomic E-state index is 12.6. The molecule has 1 amide bonds. The van der Waals surface area contributed by atoms with E-state index in [1.165, 1.54) is 18.2 Å². The Balaban J connectivity index is 0.00000280. The average Bonchev–Trinajstić information content (AvgIpc) is 3.08. The van der Waals surface area contributed by atoms with Crippen molar-refractivity contribution in [3.05, 3.63) is 35.4 Å². The number of rotatable bonds is 3. The van der Waals surface area contributed by atoms with Crippen molar-refractivity contribution in [2.45, 2.75) is 19.9 Å². The molecule has 2 unspecified atom stereocenters. The monoisotopic (exact) mass is 500 g/mol. The van der Waals surface area contributed by atoms with Crippen LogP contribution >= 0.6 is 24.0 Å². The van der Waals surface area contributed by atoms with Gasteiger partial charge in [-0.05, 0) is 23.5 Å². The van der Waals surface area contributed by atoms with Crippen LogP contribution < -0.4 is 5.32 Å². The Morgan fingerprint density at radius 1 is 1.21 bits per heavy atom. The lowest BCUT2D eigenvalue weighted by molar-refractivity contribution is -0.146. The summed E-state index contributed by atoms with van der Waals surface area (Å²) >= 11 is 0. The second-order valence-corrected chi connectivity index (χ2v) is 7.25. The molecule has 1 aromatic carbocycles. The molecule has 2 heterocycles. The van der Waals surface area contributed by atoms with E-state index in [2.05, 4.69) is 22.4 Å². The normalized spacial score (nSPS) is 21.6. The predicted octanol–water partition coefficient (Wildman–Crippen LogP) is 1.51. The van der Waals surface area contributed by atoms with Gasteiger partial charge in [0.05, 0.1) is 19.6 Å². The largest absolute Gasteiger partial charge is 0.469 e. The van der Waals surface area contributed by atoms with Crippen molar-refractivity contribution in [2.75, 3.05) is 40.3 Å². The first-order valence-corrected chi connectivity index (χ1v) is 9.41. The maximum Gasteiger partial charge on any atom is 0.310 e. The van der Waals surface area contributed by atoms with Crippen molar-refractivity contribution in [1.29, 1.82) is 0 Å². The second kappa shape index (κ2) is 10.1. The fraction of sp³-hybridized carbons (Fsp3) is 0.550. The molecule has 0 bridgehead atoms. The Hall–Kier alpha value is -1.84. The van der Waals surface area contributed by atoms with Gasteiger partial charge in [-0.25, -0.2) is 0 Å². The number of benzene rings is 1. The van der Waals surface area contributed by atoms with Gasteiger partial charge in [-0.1, -0.05) is 31.2 Å². The molecule has 154 valence electrons. The van der Waals surface area contributed by atoms with Crippen molar-refractivity contribution in [3.63, 3.8) is 0 Å². The van der Waals surface area contributed by atoms with E-state index in [1.807, 2.05) is 28.9 Å². The van der Waals surface area contributed by atoms with Crippen LogP contribution in [0, 0.1) is 11.8 Å². The number of likely N-dealkylation sites (tertiary alicyclic amines) is 1. The summed E-state index contributed by atoms with van der Waals surface area (Å²) in [4.78, 5) is 32.7. The van der Waals surface area contributed by atoms with E-state index >= 15 is 0 Å². The van der Waals surface area contributed by atoms with E-state index in [1.54, 1.807) is 7.05 Å². The van der Waals surface area contributed by atoms with Crippen molar-refractivity contribution in [1.82, 2.24) is 15.1 Å². The third kappa shape index (κ3) is 4.95. The van der Waals surface area contributed by atoms with Crippen LogP contribution in [-0.2, 0) is 27.3 Å². The number of hydrogen-bond donors (Lipinski definition) is 1. The molecule has 2 aliphatic heterocycles. The molecule has 0 aromatic heterocycles. The lowest BCUT2D eigenvalue weighted by Gasteiger charge is -2.29. The standard InChI is InChI=1S/C20H28N4O3.HI/c1-14-11-24(13-17(14)19(26)27-3)20(21-2)22-10-18(25)23-9-8-15-6-4-5-7-16(15)12-23;/h4-7,14,17H,8-13H2,1-3H3,(H,21,22);1H. The van der Waals surface area contributed by atoms with E-state index in [0.29, 0.717) is 25.6 Å². The number of carbonyl (C=O) groups excluding carboxylic acids is 2. The summed E-state index contributed by atoms with van der Waals surface area (Å²) in [6, 6.07) is 8.27. The zero-order valence-corrected chi connectivity index (χ0v) is 19.0. The quantitative estimate of drug-likeness (QED) is 0.295. The first kappa shape index (κ1) is 22.4. The number of esters is 1. The zero-order chi connectivity index (χ0) is 19.4. The summed E-state index contributed by atoms with van der Waals surface area (Å²) in [5.41, 5.74) is 2.54. The van der Waals surface area contributed by atoms with E-state index < -0.39 is 0 Å². The molecule has 2 atom stereocenters. The summed E-state index contributed by atoms with van der Waals surface area (Å²) in [5, 5.41) is 3.16. The lowest BCUT2D eigenvalue weighted by atomic mass is 9.99. The lowest BCUT2D eigenvalue weighted by Crippen LogP contribution is -2.47. The minimum absolute atomic E-state index is 0. The molecule has 1 aromatic rings. The van der Waals surface area contributed by atoms with E-state index in [-0.39, 0.29) is 54.2 Å². The summed E-state index contributed by atoms with van der Waals surface area (Å²) in [6.07, 6.45) is 0.890. The highest BCUT2D eigenvalue weighted by atomic mass is 127. The Kier molecular flexibility index (Phi) is 8.09. The summed E-state index contributed by atoms with van der Waals surface area (Å²) in [7, 11) is 3.11. The fourth-order valence-corrected chi connectivity index (χ4v) is 3.91. The van der Waals surface area contributed by atoms with Gasteiger partial charge in [0.15, 0.2) is 5.96 Å². The van der Waals surface area contributed by atoms with Crippen molar-refractivity contribution in [3.8, 4) is 0 Å². The van der Waals surface area contributed by atoms with Crippen molar-refractivity contribution < 1.29 is 14.3 Å². The minimum Gasteiger partial charge on any atom is -0.469 e. The Morgan fingerprint density at radius 2 is 1.93 bits per heavy atom. The number of ether oxygens (including phenoxy) is 1. The van der Waals surface area contributed by atoms with Crippen LogP contribution in [0.2, 0.25) is 0 Å². The molecule has 28 heavy (non-hydrogen) atoms. The number of methoxy groups -OCH3 is 1. The molecule has 1 fully saturated rings. The molecule has 7 nitrogen and oxygen atoms in total. The third-order valence-corrected chi connectivity index (χ3v) is 5.51. The van der Waals surface area contributed by atoms with Crippen LogP contribution in [0.4, 0.5) is 0 Å². The molecule has 1 N–H and O–H groups in total. The molecule has 1 saturated heterocycles. The Bertz CT molecular complexity index is 740. The number of carbonyl (C=O) groups is 2. The van der Waals surface area contributed by atoms with Gasteiger partial charge in [-0.3, -0.25) is 14.6 Å². The summed E-state index contributed by atoms with van der Waals surface area (Å²) in [5.74, 6) is 0.540. The van der Waals surface area contributed by atoms with Crippen LogP contribution in [0.25, 0.3) is 0 Å². The van der Waals surface area contributed by atoms with Crippen molar-refractivity contribution in [2.24, 2.45) is 16.8 Å². The number of amides is 1. The highest BCUT2D eigenvalue weighted by Gasteiger charge is 2.37. The van der Waals surface area contributed by atoms with Gasteiger partial charge in [0.2, 0.25) is 5.91 Å². The van der Waals surface area contributed by atoms with E-state index in [9.17, 15) is 9.59 Å². The van der Waals surface area contributed by atoms with Crippen LogP contribution in [0.3, 0.4) is 0 Å². The number of halogens is 1. The highest BCUT2D eigenvalue weighted by Crippen LogP contribution is 2.24. The zero-order valence-electron chi connectivity index (χ0n) is 16.7. The topological polar surface area (TPSA) is 74.2 Å². The summed E-state index contributed by atoms with van der Waals surface area (Å²) in [6.45, 7) is 4.89. The van der Waals surface area contributed by atoms with Crippen LogP contribution in [-0.4, -0.2) is 68.0 Å². The molecule has 2 aliphatic rings. The predicted molar refractivity (Wildman–Crippen MR) is 119 cm³/mol. The van der Waals surface area contributed by atoms with Crippen LogP contribution in [0.5, 0.6) is 0 Å². The van der Waals surface area contributed by atoms with Crippen LogP contribution in [0.15, 0.2) is 29.3 Å². The first-order valence-electron chi connectivity index (χ1n) is 9.41. The van der Waals surface area contributed by atoms with Gasteiger partial charge in [-0.15, -0.1) is 24.0 Å². The van der Waals surface area contributed by atoms with Gasteiger partial charge in [-0.2, -0.15) is 0 Å². The number of fused-ring (bicyclic) bond motifs is 1. The van der Waals surface area contributed by atoms with Crippen LogP contribution in [0.1, 0.15) is 18.1 Å². The van der Waals surface area contributed by atoms with Gasteiger partial charge in [0, 0.05) is 33.2 Å². The van der Waals surface area contributed by atoms with Gasteiger partial charge in [0.25, 0.3) is 0 Å². The SMILES string of the molecule is CN=C(NCC(=O)N1CCc2ccccc2C1)N1CC(C)C(C(=O)OC)C1.I. The minimum atomic E-state index is -0.191. The average molecular weight is 500 g/mol. The number of nitrogens with one attached hydrogen (secondary N) is 1. The number of hydrogen-bond acceptors (Lipinski definition) is 4. The van der Waals surface area contributed by atoms with Crippen molar-refractivity contribution >= 4 is 41.8 Å². The smallest absolute Gasteiger partial charge is 0.310 e. The number of aliphatic imine (C=N–C) groups is 1. The molecule has 0 spiro atoms. The third-order valence-electron chi connectivity index (χ3n) is 5.51. The first-order chi connectivity index (χ1) is 13.0. The molecule has 0 aliphatic carbocycles.